The van der Waals surface area contributed by atoms with Crippen molar-refractivity contribution in [1.82, 2.24) is 4.90 Å². The Labute approximate surface area is 90.7 Å². The van der Waals surface area contributed by atoms with Gasteiger partial charge in [0.1, 0.15) is 0 Å². The highest BCUT2D eigenvalue weighted by atomic mass is 15.1. The van der Waals surface area contributed by atoms with Crippen molar-refractivity contribution < 1.29 is 0 Å². The summed E-state index contributed by atoms with van der Waals surface area (Å²) >= 11 is 0. The maximum atomic E-state index is 5.90. The van der Waals surface area contributed by atoms with E-state index in [2.05, 4.69) is 54.6 Å². The molecule has 2 heteroatoms. The Morgan fingerprint density at radius 1 is 1.27 bits per heavy atom. The van der Waals surface area contributed by atoms with Gasteiger partial charge in [0.2, 0.25) is 0 Å². The number of nitrogens with two attached hydrogens (primary N) is 1. The molecule has 1 unspecified atom stereocenters. The summed E-state index contributed by atoms with van der Waals surface area (Å²) in [5.41, 5.74) is 8.35. The van der Waals surface area contributed by atoms with Gasteiger partial charge in [-0.15, -0.1) is 0 Å². The quantitative estimate of drug-likeness (QED) is 0.749. The van der Waals surface area contributed by atoms with Gasteiger partial charge in [-0.05, 0) is 11.1 Å². The zero-order valence-corrected chi connectivity index (χ0v) is 8.93. The van der Waals surface area contributed by atoms with E-state index in [1.165, 1.54) is 11.1 Å². The van der Waals surface area contributed by atoms with E-state index in [0.29, 0.717) is 0 Å². The zero-order chi connectivity index (χ0) is 10.7. The first-order valence-corrected chi connectivity index (χ1v) is 5.17. The summed E-state index contributed by atoms with van der Waals surface area (Å²) in [5, 5.41) is 0. The van der Waals surface area contributed by atoms with Gasteiger partial charge in [0.15, 0.2) is 0 Å². The lowest BCUT2D eigenvalue weighted by Crippen LogP contribution is -2.29. The molecular weight excluding hydrogens is 184 g/mol. The minimum atomic E-state index is 0.118. The van der Waals surface area contributed by atoms with Gasteiger partial charge in [0.25, 0.3) is 0 Å². The third-order valence-corrected chi connectivity index (χ3v) is 2.49. The second-order valence-electron chi connectivity index (χ2n) is 3.91. The fourth-order valence-corrected chi connectivity index (χ4v) is 1.76. The van der Waals surface area contributed by atoms with Crippen LogP contribution in [0, 0.1) is 0 Å². The van der Waals surface area contributed by atoms with E-state index in [1.54, 1.807) is 0 Å². The Morgan fingerprint density at radius 3 is 2.73 bits per heavy atom. The van der Waals surface area contributed by atoms with Crippen LogP contribution < -0.4 is 5.73 Å². The van der Waals surface area contributed by atoms with Crippen molar-refractivity contribution in [3.63, 3.8) is 0 Å². The summed E-state index contributed by atoms with van der Waals surface area (Å²) in [6.07, 6.45) is 6.30. The molecule has 1 heterocycles. The van der Waals surface area contributed by atoms with E-state index in [1.807, 2.05) is 6.07 Å². The molecular formula is C13H16N2. The Hall–Kier alpha value is -1.54. The lowest BCUT2D eigenvalue weighted by atomic mass is 10.1. The number of nitrogens with zero attached hydrogens (tertiary/aromatic N) is 1. The van der Waals surface area contributed by atoms with Crippen molar-refractivity contribution >= 4 is 5.57 Å². The highest BCUT2D eigenvalue weighted by Gasteiger charge is 2.07. The van der Waals surface area contributed by atoms with Crippen molar-refractivity contribution in [2.75, 3.05) is 13.6 Å². The van der Waals surface area contributed by atoms with Crippen LogP contribution in [0.5, 0.6) is 0 Å². The molecule has 1 aliphatic rings. The standard InChI is InChI=1S/C13H16N2/c1-15-9-12(7-8-13(14)10-15)11-5-3-2-4-6-11/h2-9,13H,10,14H2,1H3. The summed E-state index contributed by atoms with van der Waals surface area (Å²) < 4.78 is 0. The first-order chi connectivity index (χ1) is 7.25. The first kappa shape index (κ1) is 9.99. The summed E-state index contributed by atoms with van der Waals surface area (Å²) in [7, 11) is 2.05. The van der Waals surface area contributed by atoms with E-state index < -0.39 is 0 Å². The Balaban J connectivity index is 2.32. The fraction of sp³-hybridized carbons (Fsp3) is 0.231. The monoisotopic (exact) mass is 200 g/mol. The molecule has 0 aliphatic carbocycles. The molecule has 2 rings (SSSR count). The molecule has 1 aromatic carbocycles. The van der Waals surface area contributed by atoms with Crippen LogP contribution in [0.25, 0.3) is 5.57 Å². The molecule has 15 heavy (non-hydrogen) atoms. The highest BCUT2D eigenvalue weighted by molar-refractivity contribution is 5.74. The molecule has 1 aromatic rings. The molecule has 0 amide bonds. The number of benzene rings is 1. The zero-order valence-electron chi connectivity index (χ0n) is 8.93. The Morgan fingerprint density at radius 2 is 2.00 bits per heavy atom. The molecule has 0 aromatic heterocycles. The van der Waals surface area contributed by atoms with Gasteiger partial charge in [-0.3, -0.25) is 0 Å². The molecule has 0 radical (unpaired) electrons. The van der Waals surface area contributed by atoms with E-state index in [9.17, 15) is 0 Å². The van der Waals surface area contributed by atoms with Gasteiger partial charge in [0, 0.05) is 25.8 Å². The molecule has 2 N–H and O–H groups in total. The van der Waals surface area contributed by atoms with Gasteiger partial charge in [0.05, 0.1) is 0 Å². The minimum absolute atomic E-state index is 0.118. The second-order valence-corrected chi connectivity index (χ2v) is 3.91. The molecule has 0 saturated heterocycles. The Bertz CT molecular complexity index is 379. The Kier molecular flexibility index (Phi) is 2.88. The second kappa shape index (κ2) is 4.32. The lowest BCUT2D eigenvalue weighted by Gasteiger charge is -2.15. The largest absolute Gasteiger partial charge is 0.378 e. The van der Waals surface area contributed by atoms with Crippen molar-refractivity contribution in [3.8, 4) is 0 Å². The summed E-state index contributed by atoms with van der Waals surface area (Å²) in [6.45, 7) is 0.868. The number of likely N-dealkylation sites (N-methyl/N-ethyl adjacent to an activating group) is 1. The molecule has 78 valence electrons. The number of hydrogen-bond acceptors (Lipinski definition) is 2. The van der Waals surface area contributed by atoms with Gasteiger partial charge in [-0.25, -0.2) is 0 Å². The first-order valence-electron chi connectivity index (χ1n) is 5.17. The van der Waals surface area contributed by atoms with Crippen molar-refractivity contribution in [1.29, 1.82) is 0 Å². The summed E-state index contributed by atoms with van der Waals surface area (Å²) in [6, 6.07) is 10.5. The average molecular weight is 200 g/mol. The fourth-order valence-electron chi connectivity index (χ4n) is 1.76. The normalized spacial score (nSPS) is 21.1. The maximum Gasteiger partial charge on any atom is 0.0405 e. The molecule has 0 spiro atoms. The SMILES string of the molecule is CN1C=C(c2ccccc2)C=CC(N)C1. The predicted octanol–water partition coefficient (Wildman–Crippen LogP) is 1.86. The summed E-state index contributed by atoms with van der Waals surface area (Å²) in [5.74, 6) is 0. The van der Waals surface area contributed by atoms with Crippen molar-refractivity contribution in [3.05, 3.63) is 54.2 Å². The van der Waals surface area contributed by atoms with Crippen LogP contribution in [0.4, 0.5) is 0 Å². The van der Waals surface area contributed by atoms with Crippen LogP contribution in [0.15, 0.2) is 48.7 Å². The number of allylic oxidation sites excluding steroid dienone is 2. The van der Waals surface area contributed by atoms with Gasteiger partial charge >= 0.3 is 0 Å². The highest BCUT2D eigenvalue weighted by Crippen LogP contribution is 2.18. The van der Waals surface area contributed by atoms with Crippen LogP contribution >= 0.6 is 0 Å². The third-order valence-electron chi connectivity index (χ3n) is 2.49. The van der Waals surface area contributed by atoms with Crippen LogP contribution in [-0.2, 0) is 0 Å². The smallest absolute Gasteiger partial charge is 0.0405 e. The molecule has 1 aliphatic heterocycles. The topological polar surface area (TPSA) is 29.3 Å². The summed E-state index contributed by atoms with van der Waals surface area (Å²) in [4.78, 5) is 2.13. The van der Waals surface area contributed by atoms with Crippen molar-refractivity contribution in [2.45, 2.75) is 6.04 Å². The van der Waals surface area contributed by atoms with Crippen LogP contribution in [0.1, 0.15) is 5.56 Å². The van der Waals surface area contributed by atoms with Gasteiger partial charge in [-0.2, -0.15) is 0 Å². The number of rotatable bonds is 1. The van der Waals surface area contributed by atoms with Crippen LogP contribution in [-0.4, -0.2) is 24.5 Å². The molecule has 2 nitrogen and oxygen atoms in total. The average Bonchev–Trinajstić information content (AvgIpc) is 2.41. The third kappa shape index (κ3) is 2.48. The van der Waals surface area contributed by atoms with Crippen LogP contribution in [0.2, 0.25) is 0 Å². The minimum Gasteiger partial charge on any atom is -0.378 e. The van der Waals surface area contributed by atoms with Crippen molar-refractivity contribution in [2.24, 2.45) is 5.73 Å². The van der Waals surface area contributed by atoms with Crippen LogP contribution in [0.3, 0.4) is 0 Å². The number of hydrogen-bond donors (Lipinski definition) is 1. The molecule has 0 bridgehead atoms. The van der Waals surface area contributed by atoms with E-state index in [-0.39, 0.29) is 6.04 Å². The van der Waals surface area contributed by atoms with Gasteiger partial charge < -0.3 is 10.6 Å². The van der Waals surface area contributed by atoms with E-state index >= 15 is 0 Å². The van der Waals surface area contributed by atoms with E-state index in [0.717, 1.165) is 6.54 Å². The predicted molar refractivity (Wildman–Crippen MR) is 64.2 cm³/mol. The van der Waals surface area contributed by atoms with Gasteiger partial charge in [-0.1, -0.05) is 42.5 Å². The molecule has 0 fully saturated rings. The lowest BCUT2D eigenvalue weighted by molar-refractivity contribution is 0.442. The molecule has 0 saturated carbocycles. The maximum absolute atomic E-state index is 5.90. The van der Waals surface area contributed by atoms with E-state index in [4.69, 9.17) is 5.73 Å². The molecule has 1 atom stereocenters.